The van der Waals surface area contributed by atoms with Crippen molar-refractivity contribution < 1.29 is 0 Å². The van der Waals surface area contributed by atoms with Crippen molar-refractivity contribution in [1.29, 1.82) is 0 Å². The Kier molecular flexibility index (Phi) is 1.91. The molecule has 0 aromatic carbocycles. The standard InChI is InChI=1S/C12H15N3/c1-2-13-10-5-6-15-11(9-3-4-9)8-14-12(15)7-10/h5-9,13H,2-4H2,1H3. The molecule has 15 heavy (non-hydrogen) atoms. The average molecular weight is 201 g/mol. The lowest BCUT2D eigenvalue weighted by molar-refractivity contribution is 0.983. The highest BCUT2D eigenvalue weighted by Crippen LogP contribution is 2.40. The topological polar surface area (TPSA) is 29.3 Å². The van der Waals surface area contributed by atoms with E-state index in [1.54, 1.807) is 0 Å². The van der Waals surface area contributed by atoms with E-state index >= 15 is 0 Å². The van der Waals surface area contributed by atoms with Gasteiger partial charge in [0.2, 0.25) is 0 Å². The minimum absolute atomic E-state index is 0.755. The number of aromatic nitrogens is 2. The molecule has 2 aromatic rings. The lowest BCUT2D eigenvalue weighted by Crippen LogP contribution is -1.98. The molecule has 1 aliphatic carbocycles. The molecule has 0 atom stereocenters. The summed E-state index contributed by atoms with van der Waals surface area (Å²) in [5.41, 5.74) is 3.57. The van der Waals surface area contributed by atoms with Crippen LogP contribution in [-0.2, 0) is 0 Å². The van der Waals surface area contributed by atoms with Crippen molar-refractivity contribution in [2.24, 2.45) is 0 Å². The highest BCUT2D eigenvalue weighted by Gasteiger charge is 2.26. The highest BCUT2D eigenvalue weighted by molar-refractivity contribution is 5.55. The van der Waals surface area contributed by atoms with E-state index in [-0.39, 0.29) is 0 Å². The van der Waals surface area contributed by atoms with Gasteiger partial charge in [-0.2, -0.15) is 0 Å². The van der Waals surface area contributed by atoms with E-state index in [0.29, 0.717) is 0 Å². The van der Waals surface area contributed by atoms with E-state index in [1.807, 2.05) is 6.20 Å². The lowest BCUT2D eigenvalue weighted by Gasteiger charge is -2.04. The van der Waals surface area contributed by atoms with Crippen molar-refractivity contribution in [3.63, 3.8) is 0 Å². The predicted molar refractivity (Wildman–Crippen MR) is 61.3 cm³/mol. The molecular formula is C12H15N3. The zero-order valence-corrected chi connectivity index (χ0v) is 8.90. The van der Waals surface area contributed by atoms with Crippen molar-refractivity contribution in [1.82, 2.24) is 9.38 Å². The van der Waals surface area contributed by atoms with E-state index in [2.05, 4.69) is 40.0 Å². The van der Waals surface area contributed by atoms with Crippen molar-refractivity contribution >= 4 is 11.3 Å². The number of hydrogen-bond acceptors (Lipinski definition) is 2. The highest BCUT2D eigenvalue weighted by atomic mass is 15.0. The van der Waals surface area contributed by atoms with Crippen LogP contribution in [0.5, 0.6) is 0 Å². The van der Waals surface area contributed by atoms with Crippen molar-refractivity contribution in [2.75, 3.05) is 11.9 Å². The minimum Gasteiger partial charge on any atom is -0.385 e. The van der Waals surface area contributed by atoms with E-state index in [0.717, 1.165) is 23.8 Å². The summed E-state index contributed by atoms with van der Waals surface area (Å²) in [6, 6.07) is 4.22. The summed E-state index contributed by atoms with van der Waals surface area (Å²) in [5, 5.41) is 3.30. The van der Waals surface area contributed by atoms with Crippen LogP contribution < -0.4 is 5.32 Å². The molecule has 0 amide bonds. The Hall–Kier alpha value is -1.51. The Bertz CT molecular complexity index is 483. The zero-order valence-electron chi connectivity index (χ0n) is 8.90. The van der Waals surface area contributed by atoms with Crippen LogP contribution in [0, 0.1) is 0 Å². The molecule has 78 valence electrons. The molecule has 1 saturated carbocycles. The van der Waals surface area contributed by atoms with Crippen LogP contribution in [0.3, 0.4) is 0 Å². The van der Waals surface area contributed by atoms with Gasteiger partial charge >= 0.3 is 0 Å². The molecule has 0 spiro atoms. The first kappa shape index (κ1) is 8.77. The molecule has 0 aliphatic heterocycles. The van der Waals surface area contributed by atoms with Crippen molar-refractivity contribution in [2.45, 2.75) is 25.7 Å². The van der Waals surface area contributed by atoms with Gasteiger partial charge < -0.3 is 9.72 Å². The molecule has 0 saturated heterocycles. The summed E-state index contributed by atoms with van der Waals surface area (Å²) >= 11 is 0. The normalized spacial score (nSPS) is 15.8. The minimum atomic E-state index is 0.755. The molecule has 3 rings (SSSR count). The van der Waals surface area contributed by atoms with E-state index in [1.165, 1.54) is 18.5 Å². The van der Waals surface area contributed by atoms with Crippen LogP contribution in [0.1, 0.15) is 31.4 Å². The Balaban J connectivity index is 2.05. The third kappa shape index (κ3) is 1.48. The first-order valence-corrected chi connectivity index (χ1v) is 5.59. The van der Waals surface area contributed by atoms with Crippen LogP contribution in [-0.4, -0.2) is 15.9 Å². The quantitative estimate of drug-likeness (QED) is 0.827. The summed E-state index contributed by atoms with van der Waals surface area (Å²) in [4.78, 5) is 4.45. The maximum Gasteiger partial charge on any atom is 0.138 e. The summed E-state index contributed by atoms with van der Waals surface area (Å²) in [5.74, 6) is 0.755. The first-order chi connectivity index (χ1) is 7.38. The predicted octanol–water partition coefficient (Wildman–Crippen LogP) is 2.64. The molecule has 3 heteroatoms. The molecule has 1 N–H and O–H groups in total. The number of hydrogen-bond donors (Lipinski definition) is 1. The molecule has 1 aliphatic rings. The molecule has 0 unspecified atom stereocenters. The Morgan fingerprint density at radius 1 is 1.53 bits per heavy atom. The van der Waals surface area contributed by atoms with Gasteiger partial charge in [0.1, 0.15) is 5.65 Å². The fraction of sp³-hybridized carbons (Fsp3) is 0.417. The van der Waals surface area contributed by atoms with Crippen LogP contribution in [0.2, 0.25) is 0 Å². The van der Waals surface area contributed by atoms with E-state index < -0.39 is 0 Å². The van der Waals surface area contributed by atoms with Crippen LogP contribution in [0.4, 0.5) is 5.69 Å². The number of imidazole rings is 1. The number of nitrogens with one attached hydrogen (secondary N) is 1. The molecule has 2 heterocycles. The molecule has 0 radical (unpaired) electrons. The second kappa shape index (κ2) is 3.26. The van der Waals surface area contributed by atoms with Crippen LogP contribution in [0.25, 0.3) is 5.65 Å². The van der Waals surface area contributed by atoms with Gasteiger partial charge in [0.05, 0.1) is 0 Å². The van der Waals surface area contributed by atoms with Crippen LogP contribution >= 0.6 is 0 Å². The van der Waals surface area contributed by atoms with Gasteiger partial charge in [0, 0.05) is 42.3 Å². The van der Waals surface area contributed by atoms with Gasteiger partial charge in [-0.25, -0.2) is 4.98 Å². The summed E-state index contributed by atoms with van der Waals surface area (Å²) in [7, 11) is 0. The second-order valence-corrected chi connectivity index (χ2v) is 4.13. The third-order valence-electron chi connectivity index (χ3n) is 2.92. The molecule has 2 aromatic heterocycles. The number of fused-ring (bicyclic) bond motifs is 1. The van der Waals surface area contributed by atoms with Crippen molar-refractivity contribution in [3.8, 4) is 0 Å². The second-order valence-electron chi connectivity index (χ2n) is 4.13. The lowest BCUT2D eigenvalue weighted by atomic mass is 10.3. The van der Waals surface area contributed by atoms with E-state index in [4.69, 9.17) is 0 Å². The largest absolute Gasteiger partial charge is 0.385 e. The molecule has 3 nitrogen and oxygen atoms in total. The van der Waals surface area contributed by atoms with Crippen molar-refractivity contribution in [3.05, 3.63) is 30.2 Å². The van der Waals surface area contributed by atoms with Gasteiger partial charge in [0.15, 0.2) is 0 Å². The van der Waals surface area contributed by atoms with Gasteiger partial charge in [-0.15, -0.1) is 0 Å². The number of nitrogens with zero attached hydrogens (tertiary/aromatic N) is 2. The van der Waals surface area contributed by atoms with Gasteiger partial charge in [-0.05, 0) is 25.8 Å². The fourth-order valence-electron chi connectivity index (χ4n) is 2.00. The zero-order chi connectivity index (χ0) is 10.3. The fourth-order valence-corrected chi connectivity index (χ4v) is 2.00. The van der Waals surface area contributed by atoms with E-state index in [9.17, 15) is 0 Å². The Morgan fingerprint density at radius 2 is 2.40 bits per heavy atom. The monoisotopic (exact) mass is 201 g/mol. The SMILES string of the molecule is CCNc1ccn2c(C3CC3)cnc2c1. The molecular weight excluding hydrogens is 186 g/mol. The van der Waals surface area contributed by atoms with Gasteiger partial charge in [-0.3, -0.25) is 0 Å². The van der Waals surface area contributed by atoms with Gasteiger partial charge in [-0.1, -0.05) is 0 Å². The maximum absolute atomic E-state index is 4.45. The number of rotatable bonds is 3. The molecule has 0 bridgehead atoms. The van der Waals surface area contributed by atoms with Gasteiger partial charge in [0.25, 0.3) is 0 Å². The van der Waals surface area contributed by atoms with Crippen LogP contribution in [0.15, 0.2) is 24.5 Å². The number of pyridine rings is 1. The Labute approximate surface area is 89.1 Å². The summed E-state index contributed by atoms with van der Waals surface area (Å²) < 4.78 is 2.21. The first-order valence-electron chi connectivity index (χ1n) is 5.59. The smallest absolute Gasteiger partial charge is 0.138 e. The Morgan fingerprint density at radius 3 is 3.13 bits per heavy atom. The summed E-state index contributed by atoms with van der Waals surface area (Å²) in [6.07, 6.45) is 6.78. The number of anilines is 1. The third-order valence-corrected chi connectivity index (χ3v) is 2.92. The summed E-state index contributed by atoms with van der Waals surface area (Å²) in [6.45, 7) is 3.05. The molecule has 1 fully saturated rings. The maximum atomic E-state index is 4.45. The average Bonchev–Trinajstić information content (AvgIpc) is 3.00.